The number of nitrogens with two attached hydrogens (primary N) is 1. The molecule has 1 aliphatic heterocycles. The van der Waals surface area contributed by atoms with Gasteiger partial charge >= 0.3 is 0 Å². The number of piperidine rings is 1. The van der Waals surface area contributed by atoms with Gasteiger partial charge < -0.3 is 15.5 Å². The Bertz CT molecular complexity index is 1390. The summed E-state index contributed by atoms with van der Waals surface area (Å²) in [6, 6.07) is 16.6. The van der Waals surface area contributed by atoms with Crippen molar-refractivity contribution in [3.8, 4) is 23.1 Å². The highest BCUT2D eigenvalue weighted by Gasteiger charge is 2.24. The number of fused-ring (bicyclic) bond motifs is 1. The second-order valence-corrected chi connectivity index (χ2v) is 8.84. The van der Waals surface area contributed by atoms with Crippen LogP contribution in [0.3, 0.4) is 0 Å². The van der Waals surface area contributed by atoms with Gasteiger partial charge in [0, 0.05) is 56.4 Å². The van der Waals surface area contributed by atoms with E-state index < -0.39 is 5.82 Å². The molecule has 0 aliphatic carbocycles. The van der Waals surface area contributed by atoms with Gasteiger partial charge in [0.2, 0.25) is 0 Å². The Labute approximate surface area is 197 Å². The van der Waals surface area contributed by atoms with Crippen molar-refractivity contribution < 1.29 is 4.39 Å². The van der Waals surface area contributed by atoms with Crippen molar-refractivity contribution in [3.05, 3.63) is 66.1 Å². The minimum atomic E-state index is -0.572. The molecule has 3 heterocycles. The van der Waals surface area contributed by atoms with Crippen LogP contribution in [-0.4, -0.2) is 47.8 Å². The number of benzene rings is 2. The van der Waals surface area contributed by atoms with Crippen molar-refractivity contribution in [2.24, 2.45) is 5.73 Å². The fourth-order valence-corrected chi connectivity index (χ4v) is 4.53. The average Bonchev–Trinajstić information content (AvgIpc) is 3.23. The largest absolute Gasteiger partial charge is 0.378 e. The van der Waals surface area contributed by atoms with Crippen LogP contribution in [0.4, 0.5) is 15.8 Å². The van der Waals surface area contributed by atoms with E-state index in [2.05, 4.69) is 9.88 Å². The van der Waals surface area contributed by atoms with Crippen LogP contribution in [0, 0.1) is 17.1 Å². The standard InChI is InChI=1S/C26H26FN7/c1-32(2)20-7-9-21(10-8-20)34-25(17-5-6-18(15-28)22(27)14-17)31-24-23(11-12-30-26(24)34)33-13-3-4-19(29)16-33/h5-12,14,19H,3-4,13,16,29H2,1-2H3/t19-/m1/s1. The Balaban J connectivity index is 1.73. The van der Waals surface area contributed by atoms with Crippen LogP contribution < -0.4 is 15.5 Å². The molecule has 1 atom stereocenters. The van der Waals surface area contributed by atoms with Crippen molar-refractivity contribution in [1.82, 2.24) is 14.5 Å². The van der Waals surface area contributed by atoms with Gasteiger partial charge in [-0.05, 0) is 61.4 Å². The number of hydrogen-bond acceptors (Lipinski definition) is 6. The zero-order valence-corrected chi connectivity index (χ0v) is 19.2. The third-order valence-corrected chi connectivity index (χ3v) is 6.30. The number of aromatic nitrogens is 3. The molecule has 0 unspecified atom stereocenters. The number of anilines is 2. The molecule has 0 spiro atoms. The SMILES string of the molecule is CN(C)c1ccc(-n2c(-c3ccc(C#N)c(F)c3)nc3c(N4CCC[C@@H](N)C4)ccnc32)cc1. The monoisotopic (exact) mass is 455 g/mol. The van der Waals surface area contributed by atoms with E-state index in [-0.39, 0.29) is 11.6 Å². The molecular formula is C26H26FN7. The Kier molecular flexibility index (Phi) is 5.64. The van der Waals surface area contributed by atoms with E-state index >= 15 is 0 Å². The van der Waals surface area contributed by atoms with Crippen LogP contribution in [0.2, 0.25) is 0 Å². The highest BCUT2D eigenvalue weighted by Crippen LogP contribution is 2.34. The Morgan fingerprint density at radius 3 is 2.62 bits per heavy atom. The molecule has 5 rings (SSSR count). The van der Waals surface area contributed by atoms with Crippen LogP contribution in [-0.2, 0) is 0 Å². The van der Waals surface area contributed by atoms with Gasteiger partial charge in [-0.25, -0.2) is 14.4 Å². The van der Waals surface area contributed by atoms with Crippen LogP contribution in [0.1, 0.15) is 18.4 Å². The molecule has 4 aromatic rings. The number of nitriles is 1. The van der Waals surface area contributed by atoms with E-state index in [0.29, 0.717) is 17.0 Å². The summed E-state index contributed by atoms with van der Waals surface area (Å²) in [7, 11) is 3.98. The van der Waals surface area contributed by atoms with Crippen molar-refractivity contribution in [3.63, 3.8) is 0 Å². The second-order valence-electron chi connectivity index (χ2n) is 8.84. The molecule has 1 fully saturated rings. The molecule has 7 nitrogen and oxygen atoms in total. The van der Waals surface area contributed by atoms with Gasteiger partial charge in [-0.15, -0.1) is 0 Å². The summed E-state index contributed by atoms with van der Waals surface area (Å²) < 4.78 is 16.5. The Morgan fingerprint density at radius 2 is 1.94 bits per heavy atom. The van der Waals surface area contributed by atoms with Crippen molar-refractivity contribution in [2.75, 3.05) is 37.0 Å². The van der Waals surface area contributed by atoms with Gasteiger partial charge in [-0.2, -0.15) is 5.26 Å². The Hall–Kier alpha value is -3.96. The second kappa shape index (κ2) is 8.76. The first-order valence-corrected chi connectivity index (χ1v) is 11.3. The molecule has 2 aromatic heterocycles. The van der Waals surface area contributed by atoms with Crippen LogP contribution in [0.25, 0.3) is 28.2 Å². The molecule has 0 amide bonds. The number of rotatable bonds is 4. The van der Waals surface area contributed by atoms with E-state index in [4.69, 9.17) is 16.0 Å². The summed E-state index contributed by atoms with van der Waals surface area (Å²) in [5.41, 5.74) is 11.2. The Morgan fingerprint density at radius 1 is 1.15 bits per heavy atom. The topological polar surface area (TPSA) is 87.0 Å². The van der Waals surface area contributed by atoms with E-state index in [1.807, 2.05) is 60.0 Å². The van der Waals surface area contributed by atoms with Crippen molar-refractivity contribution in [1.29, 1.82) is 5.26 Å². The zero-order valence-electron chi connectivity index (χ0n) is 19.2. The molecule has 1 saturated heterocycles. The molecule has 8 heteroatoms. The maximum absolute atomic E-state index is 14.6. The van der Waals surface area contributed by atoms with Gasteiger partial charge in [0.05, 0.1) is 11.3 Å². The molecule has 0 bridgehead atoms. The maximum atomic E-state index is 14.6. The lowest BCUT2D eigenvalue weighted by Crippen LogP contribution is -2.42. The van der Waals surface area contributed by atoms with Gasteiger partial charge in [-0.3, -0.25) is 4.57 Å². The summed E-state index contributed by atoms with van der Waals surface area (Å²) in [6.45, 7) is 1.66. The number of pyridine rings is 1. The van der Waals surface area contributed by atoms with E-state index in [9.17, 15) is 4.39 Å². The quantitative estimate of drug-likeness (QED) is 0.499. The molecule has 2 N–H and O–H groups in total. The van der Waals surface area contributed by atoms with E-state index in [1.165, 1.54) is 12.1 Å². The fourth-order valence-electron chi connectivity index (χ4n) is 4.53. The van der Waals surface area contributed by atoms with Gasteiger partial charge in [-0.1, -0.05) is 0 Å². The van der Waals surface area contributed by atoms with Gasteiger partial charge in [0.1, 0.15) is 23.2 Å². The van der Waals surface area contributed by atoms with Crippen LogP contribution in [0.5, 0.6) is 0 Å². The van der Waals surface area contributed by atoms with Crippen molar-refractivity contribution in [2.45, 2.75) is 18.9 Å². The number of nitrogens with zero attached hydrogens (tertiary/aromatic N) is 6. The third-order valence-electron chi connectivity index (χ3n) is 6.30. The molecule has 1 aliphatic rings. The van der Waals surface area contributed by atoms with Crippen LogP contribution >= 0.6 is 0 Å². The summed E-state index contributed by atoms with van der Waals surface area (Å²) in [5.74, 6) is -0.00556. The summed E-state index contributed by atoms with van der Waals surface area (Å²) in [6.07, 6.45) is 3.81. The molecule has 0 saturated carbocycles. The first kappa shape index (κ1) is 21.9. The highest BCUT2D eigenvalue weighted by molar-refractivity contribution is 5.90. The summed E-state index contributed by atoms with van der Waals surface area (Å²) in [4.78, 5) is 13.9. The summed E-state index contributed by atoms with van der Waals surface area (Å²) >= 11 is 0. The molecule has 34 heavy (non-hydrogen) atoms. The highest BCUT2D eigenvalue weighted by atomic mass is 19.1. The molecule has 0 radical (unpaired) electrons. The predicted octanol–water partition coefficient (Wildman–Crippen LogP) is 4.09. The van der Waals surface area contributed by atoms with Gasteiger partial charge in [0.15, 0.2) is 5.65 Å². The number of imidazole rings is 1. The normalized spacial score (nSPS) is 16.0. The first-order chi connectivity index (χ1) is 16.5. The summed E-state index contributed by atoms with van der Waals surface area (Å²) in [5, 5.41) is 9.16. The molecule has 2 aromatic carbocycles. The van der Waals surface area contributed by atoms with E-state index in [0.717, 1.165) is 48.5 Å². The first-order valence-electron chi connectivity index (χ1n) is 11.3. The minimum absolute atomic E-state index is 0.00265. The smallest absolute Gasteiger partial charge is 0.167 e. The lowest BCUT2D eigenvalue weighted by molar-refractivity contribution is 0.507. The molecular weight excluding hydrogens is 429 g/mol. The molecule has 172 valence electrons. The lowest BCUT2D eigenvalue weighted by atomic mass is 10.1. The third kappa shape index (κ3) is 3.84. The lowest BCUT2D eigenvalue weighted by Gasteiger charge is -2.32. The number of hydrogen-bond donors (Lipinski definition) is 1. The van der Waals surface area contributed by atoms with Crippen LogP contribution in [0.15, 0.2) is 54.7 Å². The minimum Gasteiger partial charge on any atom is -0.378 e. The maximum Gasteiger partial charge on any atom is 0.167 e. The van der Waals surface area contributed by atoms with Crippen molar-refractivity contribution >= 4 is 22.5 Å². The average molecular weight is 456 g/mol. The predicted molar refractivity (Wildman–Crippen MR) is 133 cm³/mol. The fraction of sp³-hybridized carbons (Fsp3) is 0.269. The zero-order chi connectivity index (χ0) is 23.8. The van der Waals surface area contributed by atoms with Gasteiger partial charge in [0.25, 0.3) is 0 Å². The number of halogens is 1. The van der Waals surface area contributed by atoms with E-state index in [1.54, 1.807) is 12.3 Å².